The molecule has 0 atom stereocenters. The third kappa shape index (κ3) is 4.66. The Hall–Kier alpha value is -2.28. The maximum atomic E-state index is 11.9. The van der Waals surface area contributed by atoms with Crippen molar-refractivity contribution in [3.8, 4) is 17.1 Å². The van der Waals surface area contributed by atoms with Crippen molar-refractivity contribution >= 4 is 40.7 Å². The van der Waals surface area contributed by atoms with Gasteiger partial charge in [0.2, 0.25) is 11.7 Å². The highest BCUT2D eigenvalue weighted by atomic mass is 35.5. The molecule has 0 radical (unpaired) electrons. The zero-order chi connectivity index (χ0) is 18.5. The summed E-state index contributed by atoms with van der Waals surface area (Å²) in [5.41, 5.74) is 0.649. The number of hydrogen-bond acceptors (Lipinski definition) is 5. The van der Waals surface area contributed by atoms with Crippen LogP contribution in [0.3, 0.4) is 0 Å². The molecule has 26 heavy (non-hydrogen) atoms. The van der Waals surface area contributed by atoms with Gasteiger partial charge in [0.25, 0.3) is 5.91 Å². The molecule has 1 amide bonds. The molecule has 1 aromatic heterocycles. The molecular weight excluding hydrogens is 401 g/mol. The van der Waals surface area contributed by atoms with Gasteiger partial charge in [-0.05, 0) is 30.3 Å². The van der Waals surface area contributed by atoms with E-state index in [9.17, 15) is 4.79 Å². The van der Waals surface area contributed by atoms with Crippen molar-refractivity contribution in [2.75, 3.05) is 6.61 Å². The standard InChI is InChI=1S/C17H12Cl3N3O3/c18-10-5-6-14(13(20)7-10)25-9-15(24)21-8-16-22-17(23-26-16)11-3-1-2-4-12(11)19/h1-7H,8-9H2,(H,21,24). The summed E-state index contributed by atoms with van der Waals surface area (Å²) in [6.45, 7) is -0.152. The van der Waals surface area contributed by atoms with E-state index < -0.39 is 0 Å². The minimum absolute atomic E-state index is 0.0635. The first kappa shape index (κ1) is 18.5. The summed E-state index contributed by atoms with van der Waals surface area (Å²) >= 11 is 17.9. The second kappa shape index (κ2) is 8.40. The van der Waals surface area contributed by atoms with Gasteiger partial charge < -0.3 is 14.6 Å². The summed E-state index contributed by atoms with van der Waals surface area (Å²) in [6.07, 6.45) is 0. The van der Waals surface area contributed by atoms with Crippen LogP contribution < -0.4 is 10.1 Å². The number of carbonyl (C=O) groups excluding carboxylic acids is 1. The van der Waals surface area contributed by atoms with Gasteiger partial charge in [-0.25, -0.2) is 0 Å². The molecule has 6 nitrogen and oxygen atoms in total. The Bertz CT molecular complexity index is 930. The number of benzene rings is 2. The van der Waals surface area contributed by atoms with Crippen molar-refractivity contribution in [1.82, 2.24) is 15.5 Å². The topological polar surface area (TPSA) is 77.2 Å². The summed E-state index contributed by atoms with van der Waals surface area (Å²) < 4.78 is 10.5. The van der Waals surface area contributed by atoms with E-state index in [-0.39, 0.29) is 24.9 Å². The summed E-state index contributed by atoms with van der Waals surface area (Å²) in [7, 11) is 0. The second-order valence-electron chi connectivity index (χ2n) is 5.13. The van der Waals surface area contributed by atoms with Gasteiger partial charge in [-0.3, -0.25) is 4.79 Å². The van der Waals surface area contributed by atoms with Gasteiger partial charge in [0, 0.05) is 10.6 Å². The van der Waals surface area contributed by atoms with Crippen LogP contribution in [0, 0.1) is 0 Å². The lowest BCUT2D eigenvalue weighted by molar-refractivity contribution is -0.123. The van der Waals surface area contributed by atoms with Crippen LogP contribution in [0.1, 0.15) is 5.89 Å². The van der Waals surface area contributed by atoms with Gasteiger partial charge in [-0.1, -0.05) is 52.1 Å². The molecule has 134 valence electrons. The third-order valence-corrected chi connectivity index (χ3v) is 4.13. The number of nitrogens with one attached hydrogen (secondary N) is 1. The first-order valence-electron chi connectivity index (χ1n) is 7.45. The number of amides is 1. The fourth-order valence-electron chi connectivity index (χ4n) is 2.04. The molecule has 0 aliphatic carbocycles. The van der Waals surface area contributed by atoms with Crippen LogP contribution in [0.5, 0.6) is 5.75 Å². The summed E-state index contributed by atoms with van der Waals surface area (Å²) in [6, 6.07) is 11.9. The summed E-state index contributed by atoms with van der Waals surface area (Å²) in [5, 5.41) is 7.79. The highest BCUT2D eigenvalue weighted by molar-refractivity contribution is 6.35. The smallest absolute Gasteiger partial charge is 0.258 e. The number of ether oxygens (including phenoxy) is 1. The number of aromatic nitrogens is 2. The van der Waals surface area contributed by atoms with E-state index >= 15 is 0 Å². The molecule has 0 aliphatic rings. The third-order valence-electron chi connectivity index (χ3n) is 3.27. The van der Waals surface area contributed by atoms with Crippen molar-refractivity contribution < 1.29 is 14.1 Å². The molecule has 3 rings (SSSR count). The molecule has 1 N–H and O–H groups in total. The number of halogens is 3. The van der Waals surface area contributed by atoms with Crippen LogP contribution in [0.4, 0.5) is 0 Å². The zero-order valence-corrected chi connectivity index (χ0v) is 15.5. The van der Waals surface area contributed by atoms with Crippen LogP contribution in [0.2, 0.25) is 15.1 Å². The normalized spacial score (nSPS) is 10.6. The molecule has 2 aromatic carbocycles. The van der Waals surface area contributed by atoms with E-state index in [2.05, 4.69) is 15.5 Å². The molecule has 0 unspecified atom stereocenters. The van der Waals surface area contributed by atoms with Crippen LogP contribution in [-0.2, 0) is 11.3 Å². The van der Waals surface area contributed by atoms with Crippen molar-refractivity contribution in [2.45, 2.75) is 6.54 Å². The molecule has 0 saturated heterocycles. The van der Waals surface area contributed by atoms with Gasteiger partial charge in [0.05, 0.1) is 16.6 Å². The van der Waals surface area contributed by atoms with E-state index in [1.54, 1.807) is 30.3 Å². The number of rotatable bonds is 6. The largest absolute Gasteiger partial charge is 0.482 e. The predicted molar refractivity (Wildman–Crippen MR) is 98.5 cm³/mol. The van der Waals surface area contributed by atoms with Gasteiger partial charge in [0.1, 0.15) is 5.75 Å². The minimum atomic E-state index is -0.367. The Morgan fingerprint density at radius 1 is 1.12 bits per heavy atom. The SMILES string of the molecule is O=C(COc1ccc(Cl)cc1Cl)NCc1nc(-c2ccccc2Cl)no1. The monoisotopic (exact) mass is 411 g/mol. The lowest BCUT2D eigenvalue weighted by atomic mass is 10.2. The molecular formula is C17H12Cl3N3O3. The van der Waals surface area contributed by atoms with E-state index in [0.29, 0.717) is 32.2 Å². The predicted octanol–water partition coefficient (Wildman–Crippen LogP) is 4.39. The average Bonchev–Trinajstić information content (AvgIpc) is 3.08. The fourth-order valence-corrected chi connectivity index (χ4v) is 2.72. The number of hydrogen-bond donors (Lipinski definition) is 1. The number of carbonyl (C=O) groups is 1. The lowest BCUT2D eigenvalue weighted by Gasteiger charge is -2.07. The minimum Gasteiger partial charge on any atom is -0.482 e. The van der Waals surface area contributed by atoms with E-state index in [4.69, 9.17) is 44.1 Å². The van der Waals surface area contributed by atoms with Crippen LogP contribution in [0.25, 0.3) is 11.4 Å². The Morgan fingerprint density at radius 3 is 2.69 bits per heavy atom. The van der Waals surface area contributed by atoms with Crippen LogP contribution >= 0.6 is 34.8 Å². The van der Waals surface area contributed by atoms with Gasteiger partial charge in [0.15, 0.2) is 6.61 Å². The first-order valence-corrected chi connectivity index (χ1v) is 8.58. The van der Waals surface area contributed by atoms with E-state index in [0.717, 1.165) is 0 Å². The van der Waals surface area contributed by atoms with Crippen molar-refractivity contribution in [3.05, 3.63) is 63.4 Å². The zero-order valence-electron chi connectivity index (χ0n) is 13.2. The van der Waals surface area contributed by atoms with Crippen LogP contribution in [-0.4, -0.2) is 22.7 Å². The molecule has 9 heteroatoms. The Kier molecular flexibility index (Phi) is 5.98. The number of nitrogens with zero attached hydrogens (tertiary/aromatic N) is 2. The van der Waals surface area contributed by atoms with Gasteiger partial charge in [-0.15, -0.1) is 0 Å². The average molecular weight is 413 g/mol. The van der Waals surface area contributed by atoms with Crippen molar-refractivity contribution in [3.63, 3.8) is 0 Å². The molecule has 0 fully saturated rings. The summed E-state index contributed by atoms with van der Waals surface area (Å²) in [5.74, 6) is 0.598. The van der Waals surface area contributed by atoms with Crippen LogP contribution in [0.15, 0.2) is 47.0 Å². The Labute approximate surface area is 164 Å². The van der Waals surface area contributed by atoms with E-state index in [1.807, 2.05) is 6.07 Å². The maximum absolute atomic E-state index is 11.9. The maximum Gasteiger partial charge on any atom is 0.258 e. The Morgan fingerprint density at radius 2 is 1.92 bits per heavy atom. The molecule has 0 aliphatic heterocycles. The van der Waals surface area contributed by atoms with E-state index in [1.165, 1.54) is 6.07 Å². The molecule has 0 saturated carbocycles. The van der Waals surface area contributed by atoms with Gasteiger partial charge in [-0.2, -0.15) is 4.98 Å². The fraction of sp³-hybridized carbons (Fsp3) is 0.118. The summed E-state index contributed by atoms with van der Waals surface area (Å²) in [4.78, 5) is 16.1. The Balaban J connectivity index is 1.53. The molecule has 3 aromatic rings. The highest BCUT2D eigenvalue weighted by Crippen LogP contribution is 2.27. The molecule has 1 heterocycles. The lowest BCUT2D eigenvalue weighted by Crippen LogP contribution is -2.28. The van der Waals surface area contributed by atoms with Crippen molar-refractivity contribution in [2.24, 2.45) is 0 Å². The van der Waals surface area contributed by atoms with Gasteiger partial charge >= 0.3 is 0 Å². The highest BCUT2D eigenvalue weighted by Gasteiger charge is 2.12. The molecule has 0 bridgehead atoms. The second-order valence-corrected chi connectivity index (χ2v) is 6.38. The quantitative estimate of drug-likeness (QED) is 0.649. The first-order chi connectivity index (χ1) is 12.5. The molecule has 0 spiro atoms. The van der Waals surface area contributed by atoms with Crippen molar-refractivity contribution in [1.29, 1.82) is 0 Å².